The number of carbonyl (C=O) groups is 1. The number of amidine groups is 1. The number of hydrogen-bond acceptors (Lipinski definition) is 5. The van der Waals surface area contributed by atoms with E-state index in [1.54, 1.807) is 11.6 Å². The summed E-state index contributed by atoms with van der Waals surface area (Å²) in [6, 6.07) is 27.1. The molecule has 0 radical (unpaired) electrons. The normalized spacial score (nSPS) is 20.2. The standard InChI is InChI=1S/C30H27N5O2S/c1-30(2)21-17-11-12-18-22(21)33(3)25(30)24-28(37)34(4)29(38-24)23-26(31-19-13-7-5-8-14-19)32-35(27(23)36)20-15-9-6-10-16-20/h5-18H,1-4H3,(H,31,32)/b25-24-,29-23-. The largest absolute Gasteiger partial charge is 0.346 e. The van der Waals surface area contributed by atoms with Crippen molar-refractivity contribution in [3.63, 3.8) is 0 Å². The van der Waals surface area contributed by atoms with Crippen LogP contribution in [0.25, 0.3) is 11.3 Å². The molecule has 2 aliphatic heterocycles. The fourth-order valence-corrected chi connectivity index (χ4v) is 6.72. The molecule has 1 fully saturated rings. The van der Waals surface area contributed by atoms with Gasteiger partial charge in [-0.05, 0) is 35.9 Å². The number of hydrazine groups is 1. The Morgan fingerprint density at radius 2 is 1.47 bits per heavy atom. The molecule has 0 bridgehead atoms. The number of benzene rings is 3. The van der Waals surface area contributed by atoms with E-state index in [9.17, 15) is 9.59 Å². The van der Waals surface area contributed by atoms with Crippen LogP contribution in [0.3, 0.4) is 0 Å². The number of carbonyl (C=O) groups excluding carboxylic acids is 1. The maximum absolute atomic E-state index is 13.9. The van der Waals surface area contributed by atoms with E-state index in [1.165, 1.54) is 21.9 Å². The van der Waals surface area contributed by atoms with Gasteiger partial charge in [0.25, 0.3) is 11.5 Å². The van der Waals surface area contributed by atoms with Crippen molar-refractivity contribution < 1.29 is 4.79 Å². The van der Waals surface area contributed by atoms with E-state index in [1.807, 2.05) is 79.8 Å². The zero-order chi connectivity index (χ0) is 26.6. The molecule has 7 nitrogen and oxygen atoms in total. The first-order valence-corrected chi connectivity index (χ1v) is 13.2. The number of hydrogen-bond donors (Lipinski definition) is 1. The van der Waals surface area contributed by atoms with Gasteiger partial charge in [0.1, 0.15) is 14.8 Å². The predicted molar refractivity (Wildman–Crippen MR) is 154 cm³/mol. The molecule has 2 aliphatic rings. The van der Waals surface area contributed by atoms with Crippen LogP contribution in [0.4, 0.5) is 17.1 Å². The fourth-order valence-electron chi connectivity index (χ4n) is 5.31. The lowest BCUT2D eigenvalue weighted by atomic mass is 9.84. The summed E-state index contributed by atoms with van der Waals surface area (Å²) in [6.07, 6.45) is 0. The highest BCUT2D eigenvalue weighted by Crippen LogP contribution is 2.46. The molecule has 1 saturated heterocycles. The van der Waals surface area contributed by atoms with E-state index in [0.29, 0.717) is 32.0 Å². The molecule has 8 heteroatoms. The van der Waals surface area contributed by atoms with E-state index in [0.717, 1.165) is 11.4 Å². The number of amides is 1. The van der Waals surface area contributed by atoms with Gasteiger partial charge in [-0.1, -0.05) is 68.4 Å². The van der Waals surface area contributed by atoms with Crippen molar-refractivity contribution in [3.8, 4) is 0 Å². The highest BCUT2D eigenvalue weighted by Gasteiger charge is 2.40. The summed E-state index contributed by atoms with van der Waals surface area (Å²) < 4.78 is 2.75. The minimum absolute atomic E-state index is 0.134. The van der Waals surface area contributed by atoms with E-state index in [-0.39, 0.29) is 16.9 Å². The summed E-state index contributed by atoms with van der Waals surface area (Å²) >= 11 is 1.34. The molecular formula is C30H27N5O2S. The van der Waals surface area contributed by atoms with Gasteiger partial charge in [-0.25, -0.2) is 10.0 Å². The number of para-hydroxylation sites is 3. The van der Waals surface area contributed by atoms with Crippen LogP contribution in [-0.2, 0) is 17.3 Å². The minimum atomic E-state index is -0.376. The molecule has 6 rings (SSSR count). The third-order valence-electron chi connectivity index (χ3n) is 7.18. The van der Waals surface area contributed by atoms with Crippen molar-refractivity contribution in [1.29, 1.82) is 0 Å². The Morgan fingerprint density at radius 1 is 0.842 bits per heavy atom. The smallest absolute Gasteiger partial charge is 0.283 e. The number of anilines is 2. The summed E-state index contributed by atoms with van der Waals surface area (Å²) in [5.74, 6) is 0.141. The first-order valence-electron chi connectivity index (χ1n) is 12.4. The van der Waals surface area contributed by atoms with Gasteiger partial charge in [-0.2, -0.15) is 0 Å². The monoisotopic (exact) mass is 521 g/mol. The Kier molecular flexibility index (Phi) is 5.57. The van der Waals surface area contributed by atoms with Crippen molar-refractivity contribution in [3.05, 3.63) is 110 Å². The van der Waals surface area contributed by atoms with Crippen LogP contribution >= 0.6 is 11.3 Å². The summed E-state index contributed by atoms with van der Waals surface area (Å²) in [6.45, 7) is 4.27. The highest BCUT2D eigenvalue weighted by atomic mass is 32.1. The van der Waals surface area contributed by atoms with Crippen molar-refractivity contribution in [2.75, 3.05) is 17.0 Å². The average Bonchev–Trinajstić information content (AvgIpc) is 3.47. The van der Waals surface area contributed by atoms with Crippen molar-refractivity contribution in [2.24, 2.45) is 12.0 Å². The fraction of sp³-hybridized carbons (Fsp3) is 0.167. The molecule has 38 heavy (non-hydrogen) atoms. The maximum atomic E-state index is 13.9. The summed E-state index contributed by atoms with van der Waals surface area (Å²) in [4.78, 5) is 34.5. The number of nitrogens with zero attached hydrogens (tertiary/aromatic N) is 4. The number of fused-ring (bicyclic) bond motifs is 1. The Hall–Kier alpha value is -4.43. The summed E-state index contributed by atoms with van der Waals surface area (Å²) in [5, 5.41) is 1.48. The van der Waals surface area contributed by atoms with Crippen LogP contribution in [0.2, 0.25) is 0 Å². The van der Waals surface area contributed by atoms with Gasteiger partial charge in [-0.15, -0.1) is 11.3 Å². The van der Waals surface area contributed by atoms with Crippen molar-refractivity contribution >= 4 is 51.4 Å². The molecule has 1 aromatic heterocycles. The Bertz CT molecular complexity index is 1790. The molecule has 0 spiro atoms. The second kappa shape index (κ2) is 8.85. The average molecular weight is 522 g/mol. The third-order valence-corrected chi connectivity index (χ3v) is 8.42. The lowest BCUT2D eigenvalue weighted by Crippen LogP contribution is -2.37. The van der Waals surface area contributed by atoms with E-state index in [2.05, 4.69) is 36.3 Å². The van der Waals surface area contributed by atoms with Gasteiger partial charge >= 0.3 is 0 Å². The zero-order valence-electron chi connectivity index (χ0n) is 21.6. The maximum Gasteiger partial charge on any atom is 0.283 e. The van der Waals surface area contributed by atoms with Crippen LogP contribution in [0.5, 0.6) is 0 Å². The van der Waals surface area contributed by atoms with Crippen LogP contribution in [0.15, 0.2) is 94.7 Å². The van der Waals surface area contributed by atoms with E-state index < -0.39 is 0 Å². The van der Waals surface area contributed by atoms with Gasteiger partial charge in [0.2, 0.25) is 0 Å². The SMILES string of the molecule is CN1/C(=c2\s/c(=C3\C(=O)N(c4ccccc4)NC3=Nc3ccccc3)n(C)c2=O)C(C)(C)c2ccccc21. The third kappa shape index (κ3) is 3.60. The number of rotatable bonds is 2. The molecule has 1 amide bonds. The molecule has 0 unspecified atom stereocenters. The van der Waals surface area contributed by atoms with Gasteiger partial charge in [0, 0.05) is 25.2 Å². The minimum Gasteiger partial charge on any atom is -0.346 e. The molecule has 3 aromatic carbocycles. The van der Waals surface area contributed by atoms with Crippen LogP contribution in [0, 0.1) is 0 Å². The quantitative estimate of drug-likeness (QED) is 0.439. The lowest BCUT2D eigenvalue weighted by molar-refractivity contribution is -0.113. The van der Waals surface area contributed by atoms with Crippen molar-refractivity contribution in [1.82, 2.24) is 9.99 Å². The molecule has 3 heterocycles. The van der Waals surface area contributed by atoms with Crippen LogP contribution in [-0.4, -0.2) is 23.4 Å². The molecule has 190 valence electrons. The van der Waals surface area contributed by atoms with Gasteiger partial charge in [0.15, 0.2) is 5.84 Å². The van der Waals surface area contributed by atoms with Crippen molar-refractivity contribution in [2.45, 2.75) is 19.3 Å². The van der Waals surface area contributed by atoms with Crippen LogP contribution < -0.4 is 30.1 Å². The first-order chi connectivity index (χ1) is 18.3. The molecule has 0 saturated carbocycles. The molecular weight excluding hydrogens is 494 g/mol. The number of thiazole rings is 1. The lowest BCUT2D eigenvalue weighted by Gasteiger charge is -2.23. The van der Waals surface area contributed by atoms with E-state index in [4.69, 9.17) is 4.99 Å². The molecule has 4 aromatic rings. The Morgan fingerprint density at radius 3 is 2.16 bits per heavy atom. The van der Waals surface area contributed by atoms with Gasteiger partial charge in [-0.3, -0.25) is 15.0 Å². The highest BCUT2D eigenvalue weighted by molar-refractivity contribution is 7.08. The number of aromatic nitrogens is 1. The summed E-state index contributed by atoms with van der Waals surface area (Å²) in [7, 11) is 3.72. The number of aliphatic imine (C=N–C) groups is 1. The van der Waals surface area contributed by atoms with Crippen LogP contribution in [0.1, 0.15) is 19.4 Å². The Labute approximate surface area is 224 Å². The Balaban J connectivity index is 1.64. The summed E-state index contributed by atoms with van der Waals surface area (Å²) in [5.41, 5.74) is 7.62. The second-order valence-electron chi connectivity index (χ2n) is 9.91. The number of likely N-dealkylation sites (N-methyl/N-ethyl adjacent to an activating group) is 1. The van der Waals surface area contributed by atoms with E-state index >= 15 is 0 Å². The van der Waals surface area contributed by atoms with Gasteiger partial charge in [0.05, 0.1) is 17.1 Å². The second-order valence-corrected chi connectivity index (χ2v) is 10.9. The molecule has 1 N–H and O–H groups in total. The number of nitrogens with one attached hydrogen (secondary N) is 1. The molecule has 0 atom stereocenters. The van der Waals surface area contributed by atoms with Gasteiger partial charge < -0.3 is 9.47 Å². The topological polar surface area (TPSA) is 69.9 Å². The first kappa shape index (κ1) is 23.9. The zero-order valence-corrected chi connectivity index (χ0v) is 22.4. The molecule has 0 aliphatic carbocycles. The predicted octanol–water partition coefficient (Wildman–Crippen LogP) is 3.41.